The normalized spacial score (nSPS) is 36.9. The number of ketones is 1. The molecule has 7 nitrogen and oxygen atoms in total. The fourth-order valence-electron chi connectivity index (χ4n) is 8.25. The lowest BCUT2D eigenvalue weighted by atomic mass is 9.42. The number of aliphatic carboxylic acids is 1. The molecule has 7 atom stereocenters. The van der Waals surface area contributed by atoms with E-state index in [0.717, 1.165) is 23.1 Å². The van der Waals surface area contributed by atoms with Gasteiger partial charge in [0, 0.05) is 31.4 Å². The van der Waals surface area contributed by atoms with E-state index in [1.807, 2.05) is 44.2 Å². The average Bonchev–Trinajstić information content (AvgIpc) is 3.11. The van der Waals surface area contributed by atoms with E-state index >= 15 is 0 Å². The summed E-state index contributed by atoms with van der Waals surface area (Å²) >= 11 is 0. The van der Waals surface area contributed by atoms with Gasteiger partial charge in [0.15, 0.2) is 5.78 Å². The van der Waals surface area contributed by atoms with Gasteiger partial charge in [-0.05, 0) is 83.1 Å². The molecule has 0 amide bonds. The number of Topliss-reactive ketones (excluding diaryl/α,β-unsaturated/α-hetero) is 1. The average molecular weight is 557 g/mol. The minimum Gasteiger partial charge on any atom is -0.481 e. The first kappa shape index (κ1) is 32.0. The molecule has 0 aromatic heterocycles. The third kappa shape index (κ3) is 5.64. The lowest BCUT2D eigenvalue weighted by Crippen LogP contribution is -2.61. The van der Waals surface area contributed by atoms with Crippen molar-refractivity contribution in [3.63, 3.8) is 0 Å². The van der Waals surface area contributed by atoms with Gasteiger partial charge < -0.3 is 19.7 Å². The number of carbonyl (C=O) groups excluding carboxylic acids is 2. The summed E-state index contributed by atoms with van der Waals surface area (Å²) in [4.78, 5) is 38.1. The van der Waals surface area contributed by atoms with Crippen LogP contribution in [-0.4, -0.2) is 52.9 Å². The SMILES string of the molecule is CO[C@@H](/C=C/C(C)=C/C=C/C(C)=C1C(=O)C[C@H]2[C@]3(C)CC[C@@H](OC(C)=O)[C@@](C)(C(=O)O)[C@@H]3CC[C@@]12C)C(C)(C)O. The molecule has 7 heteroatoms. The summed E-state index contributed by atoms with van der Waals surface area (Å²) in [5, 5.41) is 20.6. The molecular formula is C33H48O7. The van der Waals surface area contributed by atoms with E-state index in [1.165, 1.54) is 6.92 Å². The van der Waals surface area contributed by atoms with Crippen molar-refractivity contribution in [1.82, 2.24) is 0 Å². The topological polar surface area (TPSA) is 110 Å². The van der Waals surface area contributed by atoms with Gasteiger partial charge in [-0.25, -0.2) is 0 Å². The quantitative estimate of drug-likeness (QED) is 0.215. The predicted molar refractivity (Wildman–Crippen MR) is 154 cm³/mol. The van der Waals surface area contributed by atoms with Crippen molar-refractivity contribution in [3.05, 3.63) is 47.1 Å². The first-order chi connectivity index (χ1) is 18.4. The van der Waals surface area contributed by atoms with Gasteiger partial charge >= 0.3 is 11.9 Å². The van der Waals surface area contributed by atoms with Crippen LogP contribution < -0.4 is 0 Å². The monoisotopic (exact) mass is 556 g/mol. The zero-order valence-corrected chi connectivity index (χ0v) is 25.7. The first-order valence-electron chi connectivity index (χ1n) is 14.4. The maximum absolute atomic E-state index is 13.6. The number of ether oxygens (including phenoxy) is 2. The Morgan fingerprint density at radius 1 is 1.05 bits per heavy atom. The Balaban J connectivity index is 1.90. The van der Waals surface area contributed by atoms with Crippen LogP contribution in [0.25, 0.3) is 0 Å². The first-order valence-corrected chi connectivity index (χ1v) is 14.4. The maximum atomic E-state index is 13.6. The largest absolute Gasteiger partial charge is 0.481 e. The highest BCUT2D eigenvalue weighted by Gasteiger charge is 2.68. The number of hydrogen-bond donors (Lipinski definition) is 2. The zero-order chi connectivity index (χ0) is 30.3. The third-order valence-corrected chi connectivity index (χ3v) is 10.2. The van der Waals surface area contributed by atoms with E-state index in [0.29, 0.717) is 25.7 Å². The van der Waals surface area contributed by atoms with Crippen LogP contribution in [0.15, 0.2) is 47.1 Å². The number of carboxylic acids is 1. The summed E-state index contributed by atoms with van der Waals surface area (Å²) in [6.45, 7) is 14.8. The standard InChI is InChI=1S/C33H48O7/c1-20(13-14-26(39-9)30(4,5)38)11-10-12-21(2)28-23(35)19-25-31(6)18-16-27(40-22(3)34)33(8,29(36)37)24(31)15-17-32(25,28)7/h10-14,24-27,38H,15-19H2,1-9H3,(H,36,37)/b12-10+,14-13+,20-11+,28-21?/t24-,25+,26+,27-,31-,32-,33+/m1/s1. The molecule has 3 saturated carbocycles. The van der Waals surface area contributed by atoms with Crippen LogP contribution in [-0.2, 0) is 23.9 Å². The van der Waals surface area contributed by atoms with Gasteiger partial charge in [0.25, 0.3) is 0 Å². The summed E-state index contributed by atoms with van der Waals surface area (Å²) in [5.74, 6) is -1.43. The highest BCUT2D eigenvalue weighted by Crippen LogP contribution is 2.69. The van der Waals surface area contributed by atoms with Crippen LogP contribution in [0.3, 0.4) is 0 Å². The van der Waals surface area contributed by atoms with Gasteiger partial charge in [0.2, 0.25) is 0 Å². The van der Waals surface area contributed by atoms with Crippen molar-refractivity contribution in [2.75, 3.05) is 7.11 Å². The zero-order valence-electron chi connectivity index (χ0n) is 25.7. The Morgan fingerprint density at radius 3 is 2.25 bits per heavy atom. The summed E-state index contributed by atoms with van der Waals surface area (Å²) in [7, 11) is 1.57. The predicted octanol–water partition coefficient (Wildman–Crippen LogP) is 5.98. The van der Waals surface area contributed by atoms with E-state index in [4.69, 9.17) is 9.47 Å². The smallest absolute Gasteiger partial charge is 0.313 e. The van der Waals surface area contributed by atoms with E-state index in [-0.39, 0.29) is 28.4 Å². The van der Waals surface area contributed by atoms with Crippen LogP contribution >= 0.6 is 0 Å². The van der Waals surface area contributed by atoms with Crippen LogP contribution in [0, 0.1) is 28.1 Å². The molecule has 0 radical (unpaired) electrons. The fraction of sp³-hybridized carbons (Fsp3) is 0.667. The number of fused-ring (bicyclic) bond motifs is 3. The molecule has 0 aromatic rings. The van der Waals surface area contributed by atoms with E-state index in [2.05, 4.69) is 13.8 Å². The van der Waals surface area contributed by atoms with E-state index in [9.17, 15) is 24.6 Å². The molecular weight excluding hydrogens is 508 g/mol. The number of hydrogen-bond acceptors (Lipinski definition) is 6. The molecule has 3 rings (SSSR count). The Labute approximate surface area is 239 Å². The number of carboxylic acid groups (broad SMARTS) is 1. The third-order valence-electron chi connectivity index (χ3n) is 10.2. The summed E-state index contributed by atoms with van der Waals surface area (Å²) in [6.07, 6.45) is 11.5. The van der Waals surface area contributed by atoms with Crippen molar-refractivity contribution < 1.29 is 34.1 Å². The highest BCUT2D eigenvalue weighted by molar-refractivity contribution is 6.01. The van der Waals surface area contributed by atoms with Gasteiger partial charge in [0.05, 0.1) is 5.60 Å². The molecule has 0 aliphatic heterocycles. The van der Waals surface area contributed by atoms with E-state index < -0.39 is 35.2 Å². The van der Waals surface area contributed by atoms with Crippen molar-refractivity contribution in [3.8, 4) is 0 Å². The number of carbonyl (C=O) groups is 3. The highest BCUT2D eigenvalue weighted by atomic mass is 16.5. The summed E-state index contributed by atoms with van der Waals surface area (Å²) < 4.78 is 10.9. The van der Waals surface area contributed by atoms with Crippen molar-refractivity contribution in [2.24, 2.45) is 28.1 Å². The second kappa shape index (κ2) is 11.4. The maximum Gasteiger partial charge on any atom is 0.313 e. The summed E-state index contributed by atoms with van der Waals surface area (Å²) in [6, 6.07) is 0. The molecule has 3 fully saturated rings. The van der Waals surface area contributed by atoms with Crippen molar-refractivity contribution >= 4 is 17.7 Å². The second-order valence-electron chi connectivity index (χ2n) is 13.4. The molecule has 2 N–H and O–H groups in total. The van der Waals surface area contributed by atoms with Gasteiger partial charge in [-0.3, -0.25) is 14.4 Å². The molecule has 0 saturated heterocycles. The van der Waals surface area contributed by atoms with Gasteiger partial charge in [-0.2, -0.15) is 0 Å². The molecule has 0 spiro atoms. The molecule has 222 valence electrons. The van der Waals surface area contributed by atoms with Gasteiger partial charge in [0.1, 0.15) is 17.6 Å². The lowest BCUT2D eigenvalue weighted by Gasteiger charge is -2.61. The number of methoxy groups -OCH3 is 1. The Kier molecular flexibility index (Phi) is 9.12. The van der Waals surface area contributed by atoms with Gasteiger partial charge in [-0.1, -0.05) is 49.8 Å². The Morgan fingerprint density at radius 2 is 1.70 bits per heavy atom. The molecule has 40 heavy (non-hydrogen) atoms. The minimum absolute atomic E-state index is 0.0228. The molecule has 0 heterocycles. The number of rotatable bonds is 8. The molecule has 0 aromatic carbocycles. The van der Waals surface area contributed by atoms with Crippen LogP contribution in [0.5, 0.6) is 0 Å². The van der Waals surface area contributed by atoms with Crippen LogP contribution in [0.1, 0.15) is 87.5 Å². The molecule has 3 aliphatic rings. The second-order valence-corrected chi connectivity index (χ2v) is 13.4. The fourth-order valence-corrected chi connectivity index (χ4v) is 8.25. The number of allylic oxidation sites excluding steroid dienone is 7. The molecule has 0 unspecified atom stereocenters. The van der Waals surface area contributed by atoms with Gasteiger partial charge in [-0.15, -0.1) is 0 Å². The van der Waals surface area contributed by atoms with Crippen LogP contribution in [0.2, 0.25) is 0 Å². The lowest BCUT2D eigenvalue weighted by molar-refractivity contribution is -0.204. The number of esters is 1. The van der Waals surface area contributed by atoms with E-state index in [1.54, 1.807) is 27.9 Å². The Bertz CT molecular complexity index is 1150. The number of aliphatic hydroxyl groups is 1. The minimum atomic E-state index is -1.20. The molecule has 3 aliphatic carbocycles. The van der Waals surface area contributed by atoms with Crippen molar-refractivity contribution in [1.29, 1.82) is 0 Å². The Hall–Kier alpha value is -2.51. The summed E-state index contributed by atoms with van der Waals surface area (Å²) in [5.41, 5.74) is -0.129. The molecule has 0 bridgehead atoms. The van der Waals surface area contributed by atoms with Crippen LogP contribution in [0.4, 0.5) is 0 Å². The van der Waals surface area contributed by atoms with Crippen molar-refractivity contribution in [2.45, 2.75) is 105 Å².